The number of hydrogen-bond donors (Lipinski definition) is 1. The molecule has 0 spiro atoms. The number of hydrogen-bond acceptors (Lipinski definition) is 4. The Morgan fingerprint density at radius 1 is 1.47 bits per heavy atom. The van der Waals surface area contributed by atoms with Gasteiger partial charge in [-0.05, 0) is 38.0 Å². The molecule has 2 rings (SSSR count). The van der Waals surface area contributed by atoms with E-state index < -0.39 is 0 Å². The third-order valence-corrected chi connectivity index (χ3v) is 5.20. The molecule has 1 fully saturated rings. The van der Waals surface area contributed by atoms with Crippen molar-refractivity contribution in [3.05, 3.63) is 16.1 Å². The van der Waals surface area contributed by atoms with Gasteiger partial charge in [0.1, 0.15) is 0 Å². The van der Waals surface area contributed by atoms with Crippen molar-refractivity contribution in [2.45, 2.75) is 39.2 Å². The fourth-order valence-corrected chi connectivity index (χ4v) is 3.90. The Bertz CT molecular complexity index is 356. The van der Waals surface area contributed by atoms with E-state index in [4.69, 9.17) is 0 Å². The molecule has 1 aliphatic rings. The fourth-order valence-electron chi connectivity index (χ4n) is 2.88. The Kier molecular flexibility index (Phi) is 4.50. The Hall–Kier alpha value is -0.0600. The molecule has 1 heterocycles. The lowest BCUT2D eigenvalue weighted by Crippen LogP contribution is -2.34. The van der Waals surface area contributed by atoms with Crippen molar-refractivity contribution in [2.24, 2.45) is 5.41 Å². The summed E-state index contributed by atoms with van der Waals surface area (Å²) >= 11 is 6.31. The van der Waals surface area contributed by atoms with Crippen LogP contribution < -0.4 is 0 Å². The van der Waals surface area contributed by atoms with E-state index in [-0.39, 0.29) is 0 Å². The van der Waals surface area contributed by atoms with Crippen molar-refractivity contribution in [2.75, 3.05) is 19.3 Å². The molecule has 0 amide bonds. The van der Waals surface area contributed by atoms with Gasteiger partial charge >= 0.3 is 0 Å². The quantitative estimate of drug-likeness (QED) is 0.826. The van der Waals surface area contributed by atoms with E-state index in [1.807, 2.05) is 0 Å². The van der Waals surface area contributed by atoms with Crippen molar-refractivity contribution in [3.8, 4) is 0 Å². The average Bonchev–Trinajstić information content (AvgIpc) is 2.89. The highest BCUT2D eigenvalue weighted by Gasteiger charge is 2.33. The molecule has 0 radical (unpaired) electrons. The smallest absolute Gasteiger partial charge is 0.0897 e. The molecular weight excluding hydrogens is 248 g/mol. The molecule has 1 aliphatic carbocycles. The maximum atomic E-state index is 4.57. The molecular formula is C13H22N2S2. The van der Waals surface area contributed by atoms with Crippen molar-refractivity contribution in [3.63, 3.8) is 0 Å². The van der Waals surface area contributed by atoms with Crippen LogP contribution in [-0.2, 0) is 6.54 Å². The largest absolute Gasteiger partial charge is 0.300 e. The Morgan fingerprint density at radius 2 is 2.18 bits per heavy atom. The van der Waals surface area contributed by atoms with Gasteiger partial charge in [-0.3, -0.25) is 4.90 Å². The first-order chi connectivity index (χ1) is 8.13. The SMILES string of the molecule is Cc1nc(CN(C)CC2(CS)CCCC2)cs1. The summed E-state index contributed by atoms with van der Waals surface area (Å²) in [6, 6.07) is 0. The van der Waals surface area contributed by atoms with Gasteiger partial charge in [0.2, 0.25) is 0 Å². The molecule has 0 atom stereocenters. The highest BCUT2D eigenvalue weighted by Crippen LogP contribution is 2.39. The fraction of sp³-hybridized carbons (Fsp3) is 0.769. The van der Waals surface area contributed by atoms with Crippen LogP contribution in [0.1, 0.15) is 36.4 Å². The number of nitrogens with zero attached hydrogens (tertiary/aromatic N) is 2. The van der Waals surface area contributed by atoms with Crippen LogP contribution in [0, 0.1) is 12.3 Å². The number of thiol groups is 1. The van der Waals surface area contributed by atoms with E-state index in [0.29, 0.717) is 5.41 Å². The van der Waals surface area contributed by atoms with Gasteiger partial charge in [-0.25, -0.2) is 4.98 Å². The molecule has 1 saturated carbocycles. The van der Waals surface area contributed by atoms with Crippen LogP contribution in [0.5, 0.6) is 0 Å². The predicted molar refractivity (Wildman–Crippen MR) is 77.9 cm³/mol. The average molecular weight is 270 g/mol. The number of aromatic nitrogens is 1. The van der Waals surface area contributed by atoms with Crippen LogP contribution in [0.2, 0.25) is 0 Å². The first-order valence-electron chi connectivity index (χ1n) is 6.34. The lowest BCUT2D eigenvalue weighted by atomic mass is 9.88. The van der Waals surface area contributed by atoms with Crippen LogP contribution in [0.15, 0.2) is 5.38 Å². The standard InChI is InChI=1S/C13H22N2S2/c1-11-14-12(8-17-11)7-15(2)9-13(10-16)5-3-4-6-13/h8,16H,3-7,9-10H2,1-2H3. The second-order valence-corrected chi connectivity index (χ2v) is 6.77. The van der Waals surface area contributed by atoms with Crippen LogP contribution in [0.4, 0.5) is 0 Å². The van der Waals surface area contributed by atoms with Crippen molar-refractivity contribution >= 4 is 24.0 Å². The van der Waals surface area contributed by atoms with Crippen LogP contribution in [0.25, 0.3) is 0 Å². The molecule has 1 aromatic rings. The minimum atomic E-state index is 0.461. The first kappa shape index (κ1) is 13.4. The lowest BCUT2D eigenvalue weighted by Gasteiger charge is -2.31. The van der Waals surface area contributed by atoms with Crippen molar-refractivity contribution < 1.29 is 0 Å². The Morgan fingerprint density at radius 3 is 2.71 bits per heavy atom. The second kappa shape index (κ2) is 5.72. The van der Waals surface area contributed by atoms with Crippen LogP contribution >= 0.6 is 24.0 Å². The first-order valence-corrected chi connectivity index (χ1v) is 7.85. The number of thiazole rings is 1. The minimum absolute atomic E-state index is 0.461. The van der Waals surface area contributed by atoms with Gasteiger partial charge in [0.25, 0.3) is 0 Å². The van der Waals surface area contributed by atoms with E-state index in [1.54, 1.807) is 11.3 Å². The zero-order valence-corrected chi connectivity index (χ0v) is 12.5. The van der Waals surface area contributed by atoms with Crippen molar-refractivity contribution in [1.82, 2.24) is 9.88 Å². The molecule has 96 valence electrons. The molecule has 0 unspecified atom stereocenters. The summed E-state index contributed by atoms with van der Waals surface area (Å²) in [4.78, 5) is 6.94. The topological polar surface area (TPSA) is 16.1 Å². The van der Waals surface area contributed by atoms with Gasteiger partial charge in [0.05, 0.1) is 10.7 Å². The van der Waals surface area contributed by atoms with Crippen molar-refractivity contribution in [1.29, 1.82) is 0 Å². The monoisotopic (exact) mass is 270 g/mol. The number of aryl methyl sites for hydroxylation is 1. The van der Waals surface area contributed by atoms with E-state index >= 15 is 0 Å². The van der Waals surface area contributed by atoms with Crippen LogP contribution in [0.3, 0.4) is 0 Å². The van der Waals surface area contributed by atoms with Gasteiger partial charge in [-0.1, -0.05) is 12.8 Å². The van der Waals surface area contributed by atoms with Gasteiger partial charge in [-0.2, -0.15) is 12.6 Å². The summed E-state index contributed by atoms with van der Waals surface area (Å²) in [6.07, 6.45) is 5.45. The number of rotatable bonds is 5. The predicted octanol–water partition coefficient (Wildman–Crippen LogP) is 3.37. The van der Waals surface area contributed by atoms with E-state index in [1.165, 1.54) is 31.4 Å². The van der Waals surface area contributed by atoms with Gasteiger partial charge in [0.15, 0.2) is 0 Å². The van der Waals surface area contributed by atoms with Gasteiger partial charge < -0.3 is 0 Å². The molecule has 0 bridgehead atoms. The van der Waals surface area contributed by atoms with E-state index in [0.717, 1.165) is 23.8 Å². The van der Waals surface area contributed by atoms with E-state index in [2.05, 4.69) is 41.9 Å². The normalized spacial score (nSPS) is 19.1. The lowest BCUT2D eigenvalue weighted by molar-refractivity contribution is 0.194. The molecule has 0 aromatic carbocycles. The van der Waals surface area contributed by atoms with Gasteiger partial charge in [-0.15, -0.1) is 11.3 Å². The second-order valence-electron chi connectivity index (χ2n) is 5.40. The molecule has 0 aliphatic heterocycles. The summed E-state index contributed by atoms with van der Waals surface area (Å²) in [5.74, 6) is 1.02. The Labute approximate surface area is 114 Å². The van der Waals surface area contributed by atoms with Gasteiger partial charge in [0, 0.05) is 18.5 Å². The highest BCUT2D eigenvalue weighted by molar-refractivity contribution is 7.80. The summed E-state index contributed by atoms with van der Waals surface area (Å²) in [5, 5.41) is 3.34. The molecule has 0 saturated heterocycles. The van der Waals surface area contributed by atoms with E-state index in [9.17, 15) is 0 Å². The molecule has 1 aromatic heterocycles. The summed E-state index contributed by atoms with van der Waals surface area (Å²) in [7, 11) is 2.21. The zero-order valence-electron chi connectivity index (χ0n) is 10.8. The molecule has 4 heteroatoms. The molecule has 0 N–H and O–H groups in total. The zero-order chi connectivity index (χ0) is 12.3. The molecule has 2 nitrogen and oxygen atoms in total. The molecule has 17 heavy (non-hydrogen) atoms. The minimum Gasteiger partial charge on any atom is -0.300 e. The maximum absolute atomic E-state index is 4.57. The highest BCUT2D eigenvalue weighted by atomic mass is 32.1. The summed E-state index contributed by atoms with van der Waals surface area (Å²) in [5.41, 5.74) is 1.67. The Balaban J connectivity index is 1.90. The third-order valence-electron chi connectivity index (χ3n) is 3.70. The van der Waals surface area contributed by atoms with Crippen LogP contribution in [-0.4, -0.2) is 29.2 Å². The third kappa shape index (κ3) is 3.46. The summed E-state index contributed by atoms with van der Waals surface area (Å²) < 4.78 is 0. The summed E-state index contributed by atoms with van der Waals surface area (Å²) in [6.45, 7) is 4.20. The maximum Gasteiger partial charge on any atom is 0.0897 e.